The predicted octanol–water partition coefficient (Wildman–Crippen LogP) is 3.76. The van der Waals surface area contributed by atoms with E-state index in [1.54, 1.807) is 18.2 Å². The van der Waals surface area contributed by atoms with E-state index in [4.69, 9.17) is 5.26 Å². The molecule has 0 unspecified atom stereocenters. The van der Waals surface area contributed by atoms with Gasteiger partial charge in [0.25, 0.3) is 0 Å². The molecule has 2 rings (SSSR count). The number of nitriles is 1. The Hall–Kier alpha value is -2.41. The van der Waals surface area contributed by atoms with Crippen LogP contribution in [0.25, 0.3) is 0 Å². The molecule has 0 fully saturated rings. The fourth-order valence-electron chi connectivity index (χ4n) is 1.79. The van der Waals surface area contributed by atoms with Gasteiger partial charge in [0.2, 0.25) is 0 Å². The number of hydrogen-bond donors (Lipinski definition) is 1. The number of hydrogen-bond acceptors (Lipinski definition) is 2. The highest BCUT2D eigenvalue weighted by molar-refractivity contribution is 5.54. The van der Waals surface area contributed by atoms with Gasteiger partial charge < -0.3 is 5.32 Å². The van der Waals surface area contributed by atoms with E-state index in [9.17, 15) is 8.78 Å². The Morgan fingerprint density at radius 1 is 1.16 bits per heavy atom. The monoisotopic (exact) mass is 258 g/mol. The van der Waals surface area contributed by atoms with Gasteiger partial charge in [-0.3, -0.25) is 0 Å². The molecular weight excluding hydrogens is 246 g/mol. The van der Waals surface area contributed by atoms with E-state index in [2.05, 4.69) is 11.4 Å². The second-order valence-electron chi connectivity index (χ2n) is 4.23. The van der Waals surface area contributed by atoms with Gasteiger partial charge in [-0.25, -0.2) is 8.78 Å². The number of aryl methyl sites for hydroxylation is 1. The molecule has 0 saturated carbocycles. The van der Waals surface area contributed by atoms with Crippen LogP contribution in [-0.2, 0) is 6.54 Å². The van der Waals surface area contributed by atoms with Crippen LogP contribution in [-0.4, -0.2) is 0 Å². The summed E-state index contributed by atoms with van der Waals surface area (Å²) >= 11 is 0. The standard InChI is InChI=1S/C15H12F2N2/c1-10-6-11(8-18)2-5-15(10)19-9-12-3-4-13(16)7-14(12)17/h2-7,19H,9H2,1H3. The molecule has 0 bridgehead atoms. The van der Waals surface area contributed by atoms with Crippen LogP contribution in [0.4, 0.5) is 14.5 Å². The molecule has 1 N–H and O–H groups in total. The Labute approximate surface area is 110 Å². The average Bonchev–Trinajstić information content (AvgIpc) is 2.39. The largest absolute Gasteiger partial charge is 0.381 e. The summed E-state index contributed by atoms with van der Waals surface area (Å²) in [6.45, 7) is 2.13. The van der Waals surface area contributed by atoms with Crippen molar-refractivity contribution in [3.05, 3.63) is 64.7 Å². The van der Waals surface area contributed by atoms with E-state index in [0.717, 1.165) is 17.3 Å². The average molecular weight is 258 g/mol. The Balaban J connectivity index is 2.13. The SMILES string of the molecule is Cc1cc(C#N)ccc1NCc1ccc(F)cc1F. The summed E-state index contributed by atoms with van der Waals surface area (Å²) in [5.41, 5.74) is 2.70. The number of nitrogens with zero attached hydrogens (tertiary/aromatic N) is 1. The summed E-state index contributed by atoms with van der Waals surface area (Å²) < 4.78 is 26.2. The fourth-order valence-corrected chi connectivity index (χ4v) is 1.79. The lowest BCUT2D eigenvalue weighted by atomic mass is 10.1. The van der Waals surface area contributed by atoms with Crippen molar-refractivity contribution in [1.82, 2.24) is 0 Å². The Morgan fingerprint density at radius 2 is 1.95 bits per heavy atom. The molecule has 0 heterocycles. The van der Waals surface area contributed by atoms with Gasteiger partial charge in [-0.1, -0.05) is 6.07 Å². The lowest BCUT2D eigenvalue weighted by Gasteiger charge is -2.10. The second kappa shape index (κ2) is 5.49. The molecule has 0 saturated heterocycles. The van der Waals surface area contributed by atoms with Crippen molar-refractivity contribution >= 4 is 5.69 Å². The van der Waals surface area contributed by atoms with E-state index in [0.29, 0.717) is 11.1 Å². The summed E-state index contributed by atoms with van der Waals surface area (Å²) in [6, 6.07) is 10.8. The van der Waals surface area contributed by atoms with E-state index >= 15 is 0 Å². The van der Waals surface area contributed by atoms with Crippen LogP contribution < -0.4 is 5.32 Å². The summed E-state index contributed by atoms with van der Waals surface area (Å²) in [5, 5.41) is 11.8. The Bertz CT molecular complexity index is 645. The predicted molar refractivity (Wildman–Crippen MR) is 69.6 cm³/mol. The molecule has 2 aromatic rings. The highest BCUT2D eigenvalue weighted by Gasteiger charge is 2.05. The number of anilines is 1. The highest BCUT2D eigenvalue weighted by Crippen LogP contribution is 2.18. The maximum absolute atomic E-state index is 13.4. The molecule has 0 aromatic heterocycles. The lowest BCUT2D eigenvalue weighted by molar-refractivity contribution is 0.574. The molecule has 0 radical (unpaired) electrons. The van der Waals surface area contributed by atoms with Crippen molar-refractivity contribution in [2.24, 2.45) is 0 Å². The van der Waals surface area contributed by atoms with Crippen LogP contribution in [0.2, 0.25) is 0 Å². The normalized spacial score (nSPS) is 10.0. The third kappa shape index (κ3) is 3.08. The maximum Gasteiger partial charge on any atom is 0.131 e. The topological polar surface area (TPSA) is 35.8 Å². The number of halogens is 2. The minimum atomic E-state index is -0.587. The van der Waals surface area contributed by atoms with E-state index in [1.165, 1.54) is 12.1 Å². The van der Waals surface area contributed by atoms with Gasteiger partial charge in [0.1, 0.15) is 11.6 Å². The second-order valence-corrected chi connectivity index (χ2v) is 4.23. The van der Waals surface area contributed by atoms with Gasteiger partial charge in [-0.05, 0) is 36.8 Å². The molecular formula is C15H12F2N2. The van der Waals surface area contributed by atoms with Gasteiger partial charge >= 0.3 is 0 Å². The van der Waals surface area contributed by atoms with Crippen LogP contribution in [0.5, 0.6) is 0 Å². The minimum Gasteiger partial charge on any atom is -0.381 e. The maximum atomic E-state index is 13.4. The van der Waals surface area contributed by atoms with E-state index in [-0.39, 0.29) is 6.54 Å². The van der Waals surface area contributed by atoms with E-state index in [1.807, 2.05) is 6.92 Å². The lowest BCUT2D eigenvalue weighted by Crippen LogP contribution is -2.03. The Kier molecular flexibility index (Phi) is 3.76. The molecule has 19 heavy (non-hydrogen) atoms. The van der Waals surface area contributed by atoms with Crippen molar-refractivity contribution in [3.63, 3.8) is 0 Å². The van der Waals surface area contributed by atoms with Gasteiger partial charge in [0.05, 0.1) is 11.6 Å². The number of rotatable bonds is 3. The zero-order valence-electron chi connectivity index (χ0n) is 10.4. The summed E-state index contributed by atoms with van der Waals surface area (Å²) in [4.78, 5) is 0. The van der Waals surface area contributed by atoms with Crippen LogP contribution in [0.3, 0.4) is 0 Å². The molecule has 4 heteroatoms. The van der Waals surface area contributed by atoms with Crippen molar-refractivity contribution < 1.29 is 8.78 Å². The first-order chi connectivity index (χ1) is 9.10. The smallest absolute Gasteiger partial charge is 0.131 e. The first-order valence-corrected chi connectivity index (χ1v) is 5.78. The Morgan fingerprint density at radius 3 is 2.58 bits per heavy atom. The first-order valence-electron chi connectivity index (χ1n) is 5.78. The van der Waals surface area contributed by atoms with Crippen molar-refractivity contribution in [3.8, 4) is 6.07 Å². The number of nitrogens with one attached hydrogen (secondary N) is 1. The zero-order chi connectivity index (χ0) is 13.8. The van der Waals surface area contributed by atoms with E-state index < -0.39 is 11.6 Å². The van der Waals surface area contributed by atoms with Crippen molar-refractivity contribution in [1.29, 1.82) is 5.26 Å². The quantitative estimate of drug-likeness (QED) is 0.909. The van der Waals surface area contributed by atoms with Gasteiger partial charge in [0, 0.05) is 23.9 Å². The van der Waals surface area contributed by atoms with Crippen LogP contribution in [0, 0.1) is 29.9 Å². The number of benzene rings is 2. The third-order valence-electron chi connectivity index (χ3n) is 2.84. The fraction of sp³-hybridized carbons (Fsp3) is 0.133. The molecule has 0 amide bonds. The van der Waals surface area contributed by atoms with Crippen LogP contribution in [0.1, 0.15) is 16.7 Å². The van der Waals surface area contributed by atoms with Gasteiger partial charge in [-0.15, -0.1) is 0 Å². The highest BCUT2D eigenvalue weighted by atomic mass is 19.1. The molecule has 2 aromatic carbocycles. The molecule has 0 spiro atoms. The van der Waals surface area contributed by atoms with Gasteiger partial charge in [0.15, 0.2) is 0 Å². The van der Waals surface area contributed by atoms with Crippen molar-refractivity contribution in [2.45, 2.75) is 13.5 Å². The molecule has 0 aliphatic heterocycles. The zero-order valence-corrected chi connectivity index (χ0v) is 10.4. The molecule has 96 valence electrons. The minimum absolute atomic E-state index is 0.263. The molecule has 2 nitrogen and oxygen atoms in total. The molecule has 0 aliphatic rings. The van der Waals surface area contributed by atoms with Gasteiger partial charge in [-0.2, -0.15) is 5.26 Å². The molecule has 0 aliphatic carbocycles. The third-order valence-corrected chi connectivity index (χ3v) is 2.84. The van der Waals surface area contributed by atoms with Crippen LogP contribution in [0.15, 0.2) is 36.4 Å². The summed E-state index contributed by atoms with van der Waals surface area (Å²) in [5.74, 6) is -1.16. The van der Waals surface area contributed by atoms with Crippen LogP contribution >= 0.6 is 0 Å². The van der Waals surface area contributed by atoms with Crippen molar-refractivity contribution in [2.75, 3.05) is 5.32 Å². The first kappa shape index (κ1) is 13.0. The molecule has 0 atom stereocenters. The summed E-state index contributed by atoms with van der Waals surface area (Å²) in [6.07, 6.45) is 0. The summed E-state index contributed by atoms with van der Waals surface area (Å²) in [7, 11) is 0.